The zero-order valence-electron chi connectivity index (χ0n) is 15.2. The first-order valence-electron chi connectivity index (χ1n) is 8.47. The van der Waals surface area contributed by atoms with E-state index in [0.717, 1.165) is 5.56 Å². The van der Waals surface area contributed by atoms with E-state index in [1.807, 2.05) is 30.3 Å². The molecule has 0 heterocycles. The molecular formula is C18H29N3O5. The lowest BCUT2D eigenvalue weighted by molar-refractivity contribution is -0.118. The van der Waals surface area contributed by atoms with Crippen molar-refractivity contribution in [2.45, 2.75) is 0 Å². The predicted octanol–water partition coefficient (Wildman–Crippen LogP) is 0.521. The van der Waals surface area contributed by atoms with Gasteiger partial charge in [0.05, 0.1) is 40.0 Å². The Bertz CT molecular complexity index is 485. The molecule has 0 spiro atoms. The SMILES string of the molecule is COCNCOCNCCOCCOCNC(=O)C=Cc1ccccc1. The van der Waals surface area contributed by atoms with Gasteiger partial charge in [-0.15, -0.1) is 0 Å². The molecule has 0 atom stereocenters. The van der Waals surface area contributed by atoms with E-state index in [2.05, 4.69) is 16.0 Å². The summed E-state index contributed by atoms with van der Waals surface area (Å²) in [6.07, 6.45) is 3.23. The van der Waals surface area contributed by atoms with Gasteiger partial charge in [-0.3, -0.25) is 15.4 Å². The molecular weight excluding hydrogens is 338 g/mol. The molecule has 26 heavy (non-hydrogen) atoms. The van der Waals surface area contributed by atoms with Crippen molar-refractivity contribution in [1.82, 2.24) is 16.0 Å². The lowest BCUT2D eigenvalue weighted by Gasteiger charge is -2.08. The Labute approximate surface area is 154 Å². The monoisotopic (exact) mass is 367 g/mol. The lowest BCUT2D eigenvalue weighted by atomic mass is 10.2. The normalized spacial score (nSPS) is 11.1. The largest absolute Gasteiger partial charge is 0.378 e. The maximum Gasteiger partial charge on any atom is 0.245 e. The molecule has 8 heteroatoms. The van der Waals surface area contributed by atoms with E-state index >= 15 is 0 Å². The van der Waals surface area contributed by atoms with Gasteiger partial charge in [0.25, 0.3) is 0 Å². The number of rotatable bonds is 16. The first-order chi connectivity index (χ1) is 12.8. The Morgan fingerprint density at radius 1 is 0.923 bits per heavy atom. The number of benzene rings is 1. The van der Waals surface area contributed by atoms with Crippen molar-refractivity contribution in [1.29, 1.82) is 0 Å². The van der Waals surface area contributed by atoms with Crippen molar-refractivity contribution >= 4 is 12.0 Å². The Morgan fingerprint density at radius 3 is 2.50 bits per heavy atom. The van der Waals surface area contributed by atoms with Crippen molar-refractivity contribution in [2.75, 3.05) is 60.4 Å². The van der Waals surface area contributed by atoms with E-state index in [1.165, 1.54) is 6.08 Å². The van der Waals surface area contributed by atoms with Crippen LogP contribution in [0.4, 0.5) is 0 Å². The highest BCUT2D eigenvalue weighted by Crippen LogP contribution is 2.00. The van der Waals surface area contributed by atoms with E-state index in [0.29, 0.717) is 46.6 Å². The fourth-order valence-corrected chi connectivity index (χ4v) is 1.76. The lowest BCUT2D eigenvalue weighted by Crippen LogP contribution is -2.28. The van der Waals surface area contributed by atoms with Crippen molar-refractivity contribution < 1.29 is 23.7 Å². The van der Waals surface area contributed by atoms with Gasteiger partial charge in [0.15, 0.2) is 0 Å². The standard InChI is InChI=1S/C18H29N3O5/c1-23-13-20-15-26-14-19-9-10-24-11-12-25-16-21-18(22)8-7-17-5-3-2-4-6-17/h2-8,19-20H,9-16H2,1H3,(H,21,22). The maximum atomic E-state index is 11.6. The second-order valence-electron chi connectivity index (χ2n) is 5.13. The van der Waals surface area contributed by atoms with Gasteiger partial charge in [0.1, 0.15) is 6.73 Å². The number of methoxy groups -OCH3 is 1. The molecule has 3 N–H and O–H groups in total. The smallest absolute Gasteiger partial charge is 0.245 e. The van der Waals surface area contributed by atoms with E-state index in [1.54, 1.807) is 13.2 Å². The predicted molar refractivity (Wildman–Crippen MR) is 99.1 cm³/mol. The number of carbonyl (C=O) groups excluding carboxylic acids is 1. The quantitative estimate of drug-likeness (QED) is 0.223. The number of nitrogens with one attached hydrogen (secondary N) is 3. The van der Waals surface area contributed by atoms with Crippen LogP contribution in [0.3, 0.4) is 0 Å². The van der Waals surface area contributed by atoms with Crippen molar-refractivity contribution in [3.8, 4) is 0 Å². The van der Waals surface area contributed by atoms with Gasteiger partial charge in [0.2, 0.25) is 5.91 Å². The summed E-state index contributed by atoms with van der Waals surface area (Å²) in [5, 5.41) is 8.64. The summed E-state index contributed by atoms with van der Waals surface area (Å²) in [7, 11) is 1.61. The molecule has 0 saturated heterocycles. The summed E-state index contributed by atoms with van der Waals surface area (Å²) in [4.78, 5) is 11.6. The van der Waals surface area contributed by atoms with Crippen LogP contribution >= 0.6 is 0 Å². The van der Waals surface area contributed by atoms with Gasteiger partial charge >= 0.3 is 0 Å². The molecule has 0 unspecified atom stereocenters. The average Bonchev–Trinajstić information content (AvgIpc) is 2.67. The minimum atomic E-state index is -0.195. The summed E-state index contributed by atoms with van der Waals surface area (Å²) >= 11 is 0. The molecule has 0 aromatic heterocycles. The average molecular weight is 367 g/mol. The van der Waals surface area contributed by atoms with Crippen LogP contribution in [0.25, 0.3) is 6.08 Å². The number of hydrogen-bond acceptors (Lipinski definition) is 7. The molecule has 0 bridgehead atoms. The minimum absolute atomic E-state index is 0.155. The van der Waals surface area contributed by atoms with Crippen molar-refractivity contribution in [3.05, 3.63) is 42.0 Å². The summed E-state index contributed by atoms with van der Waals surface area (Å²) in [5.41, 5.74) is 0.974. The topological polar surface area (TPSA) is 90.1 Å². The fourth-order valence-electron chi connectivity index (χ4n) is 1.76. The van der Waals surface area contributed by atoms with Gasteiger partial charge in [-0.05, 0) is 11.6 Å². The molecule has 1 aromatic carbocycles. The molecule has 0 aliphatic rings. The molecule has 0 radical (unpaired) electrons. The third-order valence-corrected chi connectivity index (χ3v) is 3.03. The highest BCUT2D eigenvalue weighted by atomic mass is 16.5. The molecule has 146 valence electrons. The van der Waals surface area contributed by atoms with E-state index < -0.39 is 0 Å². The van der Waals surface area contributed by atoms with Crippen LogP contribution in [0.2, 0.25) is 0 Å². The van der Waals surface area contributed by atoms with E-state index in [9.17, 15) is 4.79 Å². The summed E-state index contributed by atoms with van der Waals surface area (Å²) in [5.74, 6) is -0.195. The molecule has 1 aromatic rings. The first kappa shape index (κ1) is 22.2. The second kappa shape index (κ2) is 16.6. The fraction of sp³-hybridized carbons (Fsp3) is 0.500. The van der Waals surface area contributed by atoms with Crippen LogP contribution in [0.15, 0.2) is 36.4 Å². The minimum Gasteiger partial charge on any atom is -0.378 e. The molecule has 0 aliphatic heterocycles. The molecule has 0 fully saturated rings. The zero-order chi connectivity index (χ0) is 18.7. The summed E-state index contributed by atoms with van der Waals surface area (Å²) in [6.45, 7) is 3.62. The molecule has 1 amide bonds. The summed E-state index contributed by atoms with van der Waals surface area (Å²) < 4.78 is 20.7. The Hall–Kier alpha value is -1.81. The highest BCUT2D eigenvalue weighted by Gasteiger charge is 1.95. The van der Waals surface area contributed by atoms with Gasteiger partial charge in [-0.25, -0.2) is 0 Å². The number of ether oxygens (including phenoxy) is 4. The second-order valence-corrected chi connectivity index (χ2v) is 5.13. The molecule has 0 aliphatic carbocycles. The highest BCUT2D eigenvalue weighted by molar-refractivity contribution is 5.91. The number of hydrogen-bond donors (Lipinski definition) is 3. The number of carbonyl (C=O) groups is 1. The molecule has 1 rings (SSSR count). The summed E-state index contributed by atoms with van der Waals surface area (Å²) in [6, 6.07) is 9.62. The first-order valence-corrected chi connectivity index (χ1v) is 8.47. The Morgan fingerprint density at radius 2 is 1.69 bits per heavy atom. The van der Waals surface area contributed by atoms with E-state index in [-0.39, 0.29) is 12.6 Å². The van der Waals surface area contributed by atoms with Crippen molar-refractivity contribution in [2.24, 2.45) is 0 Å². The third kappa shape index (κ3) is 13.5. The van der Waals surface area contributed by atoms with Gasteiger partial charge in [-0.1, -0.05) is 30.3 Å². The van der Waals surface area contributed by atoms with Crippen LogP contribution < -0.4 is 16.0 Å². The van der Waals surface area contributed by atoms with Crippen LogP contribution in [-0.4, -0.2) is 66.3 Å². The zero-order valence-corrected chi connectivity index (χ0v) is 15.2. The maximum absolute atomic E-state index is 11.6. The molecule has 0 saturated carbocycles. The Kier molecular flexibility index (Phi) is 14.2. The van der Waals surface area contributed by atoms with Gasteiger partial charge in [-0.2, -0.15) is 0 Å². The third-order valence-electron chi connectivity index (χ3n) is 3.03. The molecule has 8 nitrogen and oxygen atoms in total. The van der Waals surface area contributed by atoms with E-state index in [4.69, 9.17) is 18.9 Å². The van der Waals surface area contributed by atoms with Gasteiger partial charge in [0, 0.05) is 19.7 Å². The van der Waals surface area contributed by atoms with Crippen molar-refractivity contribution in [3.63, 3.8) is 0 Å². The Balaban J connectivity index is 1.83. The number of amides is 1. The van der Waals surface area contributed by atoms with Crippen LogP contribution in [0, 0.1) is 0 Å². The van der Waals surface area contributed by atoms with Gasteiger partial charge < -0.3 is 24.3 Å². The van der Waals surface area contributed by atoms with Crippen LogP contribution in [-0.2, 0) is 23.7 Å². The van der Waals surface area contributed by atoms with Crippen LogP contribution in [0.5, 0.6) is 0 Å². The van der Waals surface area contributed by atoms with Crippen LogP contribution in [0.1, 0.15) is 5.56 Å².